The smallest absolute Gasteiger partial charge is 0.303 e. The number of ketones is 1. The van der Waals surface area contributed by atoms with E-state index in [2.05, 4.69) is 0 Å². The fourth-order valence-electron chi connectivity index (χ4n) is 3.93. The molecule has 0 bridgehead atoms. The molecule has 0 spiro atoms. The Balaban J connectivity index is 1.90. The van der Waals surface area contributed by atoms with Gasteiger partial charge in [-0.1, -0.05) is 48.6 Å². The average Bonchev–Trinajstić information content (AvgIpc) is 2.99. The second kappa shape index (κ2) is 13.3. The summed E-state index contributed by atoms with van der Waals surface area (Å²) in [4.78, 5) is 22.9. The Kier molecular flexibility index (Phi) is 10.8. The number of allylic oxidation sites excluding steroid dienone is 2. The van der Waals surface area contributed by atoms with Crippen LogP contribution in [0.4, 0.5) is 0 Å². The molecule has 1 aliphatic rings. The van der Waals surface area contributed by atoms with Gasteiger partial charge in [0.25, 0.3) is 0 Å². The van der Waals surface area contributed by atoms with Crippen LogP contribution in [0.1, 0.15) is 57.1 Å². The highest BCUT2D eigenvalue weighted by molar-refractivity contribution is 5.84. The number of carbonyl (C=O) groups excluding carboxylic acids is 1. The van der Waals surface area contributed by atoms with Crippen molar-refractivity contribution in [2.75, 3.05) is 0 Å². The monoisotopic (exact) mass is 444 g/mol. The summed E-state index contributed by atoms with van der Waals surface area (Å²) < 4.78 is 5.63. The zero-order chi connectivity index (χ0) is 23.5. The lowest BCUT2D eigenvalue weighted by Gasteiger charge is -2.17. The van der Waals surface area contributed by atoms with E-state index in [9.17, 15) is 19.8 Å². The van der Waals surface area contributed by atoms with Gasteiger partial charge in [0, 0.05) is 31.1 Å². The molecule has 4 atom stereocenters. The molecule has 0 heterocycles. The number of benzene rings is 1. The molecule has 1 unspecified atom stereocenters. The number of unbranched alkanes of at least 4 members (excludes halogenated alkanes) is 1. The molecular weight excluding hydrogens is 408 g/mol. The van der Waals surface area contributed by atoms with Gasteiger partial charge >= 0.3 is 5.97 Å². The van der Waals surface area contributed by atoms with E-state index < -0.39 is 18.2 Å². The molecule has 32 heavy (non-hydrogen) atoms. The maximum atomic E-state index is 12.3. The van der Waals surface area contributed by atoms with E-state index in [4.69, 9.17) is 9.84 Å². The van der Waals surface area contributed by atoms with Gasteiger partial charge in [0.15, 0.2) is 0 Å². The summed E-state index contributed by atoms with van der Waals surface area (Å²) in [5.74, 6) is -1.44. The molecule has 1 saturated carbocycles. The van der Waals surface area contributed by atoms with Crippen LogP contribution in [-0.2, 0) is 27.4 Å². The molecule has 1 aromatic carbocycles. The molecule has 6 nitrogen and oxygen atoms in total. The van der Waals surface area contributed by atoms with Gasteiger partial charge in [0.1, 0.15) is 5.78 Å². The van der Waals surface area contributed by atoms with E-state index in [0.717, 1.165) is 11.1 Å². The van der Waals surface area contributed by atoms with E-state index in [0.29, 0.717) is 32.3 Å². The van der Waals surface area contributed by atoms with E-state index in [1.54, 1.807) is 12.2 Å². The first kappa shape index (κ1) is 26.0. The molecule has 0 amide bonds. The summed E-state index contributed by atoms with van der Waals surface area (Å²) in [5.41, 5.74) is 2.05. The van der Waals surface area contributed by atoms with Crippen LogP contribution in [0, 0.1) is 11.8 Å². The van der Waals surface area contributed by atoms with Crippen molar-refractivity contribution in [3.63, 3.8) is 0 Å². The number of rotatable bonds is 13. The number of hydrogen-bond donors (Lipinski definition) is 3. The predicted molar refractivity (Wildman–Crippen MR) is 123 cm³/mol. The summed E-state index contributed by atoms with van der Waals surface area (Å²) in [6, 6.07) is 7.92. The maximum absolute atomic E-state index is 12.3. The van der Waals surface area contributed by atoms with Crippen LogP contribution in [0.25, 0.3) is 0 Å². The number of carbonyl (C=O) groups is 2. The minimum absolute atomic E-state index is 0.0229. The Morgan fingerprint density at radius 1 is 1.25 bits per heavy atom. The van der Waals surface area contributed by atoms with Crippen LogP contribution in [0.15, 0.2) is 48.6 Å². The maximum Gasteiger partial charge on any atom is 0.303 e. The van der Waals surface area contributed by atoms with Crippen molar-refractivity contribution in [2.24, 2.45) is 11.8 Å². The van der Waals surface area contributed by atoms with Crippen molar-refractivity contribution in [1.82, 2.24) is 0 Å². The van der Waals surface area contributed by atoms with Gasteiger partial charge in [-0.2, -0.15) is 0 Å². The van der Waals surface area contributed by atoms with Crippen LogP contribution >= 0.6 is 0 Å². The van der Waals surface area contributed by atoms with Crippen LogP contribution < -0.4 is 0 Å². The third kappa shape index (κ3) is 9.07. The molecule has 3 N–H and O–H groups in total. The molecule has 6 heteroatoms. The lowest BCUT2D eigenvalue weighted by atomic mass is 9.90. The average molecular weight is 445 g/mol. The van der Waals surface area contributed by atoms with Crippen molar-refractivity contribution in [3.05, 3.63) is 59.7 Å². The minimum atomic E-state index is -0.813. The number of hydrogen-bond acceptors (Lipinski definition) is 5. The Bertz CT molecular complexity index is 797. The highest BCUT2D eigenvalue weighted by Gasteiger charge is 2.39. The lowest BCUT2D eigenvalue weighted by molar-refractivity contribution is -0.137. The number of carboxylic acids is 1. The van der Waals surface area contributed by atoms with Crippen molar-refractivity contribution in [1.29, 1.82) is 0 Å². The van der Waals surface area contributed by atoms with Crippen LogP contribution in [0.3, 0.4) is 0 Å². The first-order valence-electron chi connectivity index (χ1n) is 11.4. The van der Waals surface area contributed by atoms with Gasteiger partial charge in [0.2, 0.25) is 0 Å². The van der Waals surface area contributed by atoms with E-state index >= 15 is 0 Å². The minimum Gasteiger partial charge on any atom is -0.481 e. The van der Waals surface area contributed by atoms with Gasteiger partial charge in [-0.25, -0.2) is 0 Å². The summed E-state index contributed by atoms with van der Waals surface area (Å²) in [6.07, 6.45) is 8.34. The zero-order valence-corrected chi connectivity index (χ0v) is 19.0. The highest BCUT2D eigenvalue weighted by atomic mass is 16.5. The van der Waals surface area contributed by atoms with Crippen molar-refractivity contribution in [3.8, 4) is 0 Å². The van der Waals surface area contributed by atoms with Crippen molar-refractivity contribution >= 4 is 11.8 Å². The quantitative estimate of drug-likeness (QED) is 0.315. The summed E-state index contributed by atoms with van der Waals surface area (Å²) >= 11 is 0. The third-order valence-electron chi connectivity index (χ3n) is 5.63. The number of aliphatic hydroxyl groups is 2. The summed E-state index contributed by atoms with van der Waals surface area (Å²) in [6.45, 7) is 4.51. The van der Waals surface area contributed by atoms with Gasteiger partial charge in [0.05, 0.1) is 24.9 Å². The normalized spacial score (nSPS) is 22.4. The highest BCUT2D eigenvalue weighted by Crippen LogP contribution is 2.33. The number of aliphatic hydroxyl groups excluding tert-OH is 2. The fourth-order valence-corrected chi connectivity index (χ4v) is 3.93. The SMILES string of the molecule is CC(C)OCc1cccc(CC(O)/C=C/[C@H]2[C@H](O)CC(=O)[C@@H]2C/C=C\CCCC(=O)O)c1. The second-order valence-electron chi connectivity index (χ2n) is 8.75. The molecular formula is C26H36O6. The Morgan fingerprint density at radius 2 is 2.00 bits per heavy atom. The van der Waals surface area contributed by atoms with Crippen molar-refractivity contribution < 1.29 is 29.6 Å². The van der Waals surface area contributed by atoms with E-state index in [-0.39, 0.29) is 36.6 Å². The first-order valence-corrected chi connectivity index (χ1v) is 11.4. The third-order valence-corrected chi connectivity index (χ3v) is 5.63. The van der Waals surface area contributed by atoms with Gasteiger partial charge < -0.3 is 20.1 Å². The largest absolute Gasteiger partial charge is 0.481 e. The topological polar surface area (TPSA) is 104 Å². The van der Waals surface area contributed by atoms with E-state index in [1.165, 1.54) is 0 Å². The number of aliphatic carboxylic acids is 1. The number of ether oxygens (including phenoxy) is 1. The molecule has 0 saturated heterocycles. The Labute approximate surface area is 190 Å². The molecule has 2 rings (SSSR count). The van der Waals surface area contributed by atoms with Crippen molar-refractivity contribution in [2.45, 2.75) is 77.3 Å². The summed E-state index contributed by atoms with van der Waals surface area (Å²) in [5, 5.41) is 29.5. The van der Waals surface area contributed by atoms with Crippen LogP contribution in [0.5, 0.6) is 0 Å². The lowest BCUT2D eigenvalue weighted by Crippen LogP contribution is -2.19. The van der Waals surface area contributed by atoms with Gasteiger partial charge in [-0.05, 0) is 44.2 Å². The Morgan fingerprint density at radius 3 is 2.72 bits per heavy atom. The van der Waals surface area contributed by atoms with Crippen LogP contribution in [0.2, 0.25) is 0 Å². The first-order chi connectivity index (χ1) is 15.3. The molecule has 176 valence electrons. The summed E-state index contributed by atoms with van der Waals surface area (Å²) in [7, 11) is 0. The predicted octanol–water partition coefficient (Wildman–Crippen LogP) is 3.84. The number of Topliss-reactive ketones (excluding diaryl/α,β-unsaturated/α-hetero) is 1. The molecule has 0 aliphatic heterocycles. The van der Waals surface area contributed by atoms with Gasteiger partial charge in [-0.3, -0.25) is 9.59 Å². The second-order valence-corrected chi connectivity index (χ2v) is 8.75. The van der Waals surface area contributed by atoms with Crippen LogP contribution in [-0.4, -0.2) is 45.4 Å². The fraction of sp³-hybridized carbons (Fsp3) is 0.538. The standard InChI is InChI=1S/C26H36O6/c1-18(2)32-17-20-9-7-8-19(14-20)15-21(27)12-13-23-22(24(28)16-25(23)29)10-5-3-4-6-11-26(30)31/h3,5,7-9,12-14,18,21-23,25,27,29H,4,6,10-11,15-17H2,1-2H3,(H,30,31)/b5-3-,13-12+/t21?,22-,23-,25-/m1/s1. The number of carboxylic acid groups (broad SMARTS) is 1. The molecule has 0 aromatic heterocycles. The molecule has 1 aromatic rings. The zero-order valence-electron chi connectivity index (χ0n) is 19.0. The Hall–Kier alpha value is -2.28. The van der Waals surface area contributed by atoms with Gasteiger partial charge in [-0.15, -0.1) is 0 Å². The molecule has 1 fully saturated rings. The molecule has 1 aliphatic carbocycles. The molecule has 0 radical (unpaired) electrons. The van der Waals surface area contributed by atoms with E-state index in [1.807, 2.05) is 50.3 Å².